The number of benzene rings is 2. The molecule has 2 aliphatic heterocycles. The molecule has 1 aromatic heterocycles. The molecule has 0 radical (unpaired) electrons. The first kappa shape index (κ1) is 19.9. The molecule has 0 spiro atoms. The Morgan fingerprint density at radius 2 is 1.73 bits per heavy atom. The number of anilines is 3. The molecule has 3 aromatic rings. The van der Waals surface area contributed by atoms with E-state index in [1.807, 2.05) is 48.5 Å². The summed E-state index contributed by atoms with van der Waals surface area (Å²) < 4.78 is 12.3. The Balaban J connectivity index is 0.000000146. The van der Waals surface area contributed by atoms with Crippen LogP contribution in [-0.4, -0.2) is 38.6 Å². The van der Waals surface area contributed by atoms with Crippen molar-refractivity contribution in [2.24, 2.45) is 0 Å². The third kappa shape index (κ3) is 4.13. The largest absolute Gasteiger partial charge is 0.453 e. The molecule has 3 atom stereocenters. The quantitative estimate of drug-likeness (QED) is 0.395. The van der Waals surface area contributed by atoms with Gasteiger partial charge in [0.25, 0.3) is 0 Å². The van der Waals surface area contributed by atoms with E-state index >= 15 is 0 Å². The zero-order chi connectivity index (χ0) is 21.1. The molecule has 1 saturated heterocycles. The highest BCUT2D eigenvalue weighted by molar-refractivity contribution is 5.75. The van der Waals surface area contributed by atoms with Crippen LogP contribution < -0.4 is 21.5 Å². The number of aliphatic hydroxyl groups excluding tert-OH is 2. The van der Waals surface area contributed by atoms with Crippen LogP contribution in [0.25, 0.3) is 0 Å². The number of para-hydroxylation sites is 4. The number of nitrogens with two attached hydrogens (primary N) is 1. The number of aliphatic hydroxyl groups is 2. The first-order chi connectivity index (χ1) is 14.5. The summed E-state index contributed by atoms with van der Waals surface area (Å²) in [5.74, 6) is 1.90. The fourth-order valence-electron chi connectivity index (χ4n) is 3.28. The van der Waals surface area contributed by atoms with Crippen molar-refractivity contribution in [3.63, 3.8) is 0 Å². The average Bonchev–Trinajstić information content (AvgIpc) is 3.13. The van der Waals surface area contributed by atoms with Crippen LogP contribution in [0.1, 0.15) is 12.6 Å². The molecule has 2 aliphatic rings. The molecule has 156 valence electrons. The van der Waals surface area contributed by atoms with Gasteiger partial charge in [-0.25, -0.2) is 4.79 Å². The van der Waals surface area contributed by atoms with Crippen LogP contribution in [0.15, 0.2) is 65.6 Å². The molecular formula is C21H22N4O5. The van der Waals surface area contributed by atoms with Gasteiger partial charge in [-0.05, 0) is 30.3 Å². The van der Waals surface area contributed by atoms with E-state index in [4.69, 9.17) is 20.3 Å². The van der Waals surface area contributed by atoms with Gasteiger partial charge in [0.1, 0.15) is 18.1 Å². The summed E-state index contributed by atoms with van der Waals surface area (Å²) in [5, 5.41) is 21.7. The van der Waals surface area contributed by atoms with E-state index < -0.39 is 24.1 Å². The van der Waals surface area contributed by atoms with Gasteiger partial charge in [0.05, 0.1) is 24.1 Å². The second-order valence-corrected chi connectivity index (χ2v) is 6.88. The summed E-state index contributed by atoms with van der Waals surface area (Å²) in [6.45, 7) is -0.283. The van der Waals surface area contributed by atoms with E-state index in [1.54, 1.807) is 0 Å². The van der Waals surface area contributed by atoms with Crippen LogP contribution in [0.3, 0.4) is 0 Å². The molecule has 9 heteroatoms. The van der Waals surface area contributed by atoms with Gasteiger partial charge >= 0.3 is 5.69 Å². The van der Waals surface area contributed by atoms with Crippen molar-refractivity contribution in [1.82, 2.24) is 9.55 Å². The molecule has 0 amide bonds. The zero-order valence-electron chi connectivity index (χ0n) is 16.0. The van der Waals surface area contributed by atoms with E-state index in [0.717, 1.165) is 22.9 Å². The number of aromatic nitrogens is 2. The van der Waals surface area contributed by atoms with Gasteiger partial charge < -0.3 is 30.7 Å². The summed E-state index contributed by atoms with van der Waals surface area (Å²) in [5.41, 5.74) is 6.86. The number of nitrogen functional groups attached to an aromatic ring is 1. The summed E-state index contributed by atoms with van der Waals surface area (Å²) >= 11 is 0. The molecule has 1 fully saturated rings. The monoisotopic (exact) mass is 410 g/mol. The number of ether oxygens (including phenoxy) is 2. The van der Waals surface area contributed by atoms with Crippen LogP contribution in [0, 0.1) is 0 Å². The average molecular weight is 410 g/mol. The van der Waals surface area contributed by atoms with Crippen LogP contribution in [0.4, 0.5) is 17.2 Å². The second-order valence-electron chi connectivity index (χ2n) is 6.88. The maximum absolute atomic E-state index is 11.5. The standard InChI is InChI=1S/C12H9NO.C9H13N3O4/c1-3-7-11-9(5-1)13-10-6-2-4-8-12(10)14-11;10-7-1-2-12(9(15)11-7)8-3-5(14)6(4-13)16-8/h1-8,13H;1-2,5-6,8,13-14H,3-4H2,(H2,10,11,15)/t;5-,6+,8+/m.0/s1. The third-order valence-corrected chi connectivity index (χ3v) is 4.81. The topological polar surface area (TPSA) is 132 Å². The number of hydrogen-bond acceptors (Lipinski definition) is 8. The van der Waals surface area contributed by atoms with Crippen molar-refractivity contribution < 1.29 is 19.7 Å². The van der Waals surface area contributed by atoms with E-state index in [2.05, 4.69) is 10.3 Å². The highest BCUT2D eigenvalue weighted by Gasteiger charge is 2.34. The fraction of sp³-hybridized carbons (Fsp3) is 0.238. The number of nitrogens with one attached hydrogen (secondary N) is 1. The Morgan fingerprint density at radius 3 is 2.30 bits per heavy atom. The van der Waals surface area contributed by atoms with E-state index in [-0.39, 0.29) is 18.8 Å². The number of nitrogens with zero attached hydrogens (tertiary/aromatic N) is 2. The molecule has 0 saturated carbocycles. The van der Waals surface area contributed by atoms with Crippen LogP contribution in [-0.2, 0) is 4.74 Å². The van der Waals surface area contributed by atoms with Gasteiger partial charge in [0.15, 0.2) is 11.5 Å². The molecule has 30 heavy (non-hydrogen) atoms. The summed E-state index contributed by atoms with van der Waals surface area (Å²) in [6.07, 6.45) is -0.333. The van der Waals surface area contributed by atoms with Crippen molar-refractivity contribution >= 4 is 17.2 Å². The van der Waals surface area contributed by atoms with E-state index in [9.17, 15) is 9.90 Å². The minimum Gasteiger partial charge on any atom is -0.453 e. The van der Waals surface area contributed by atoms with E-state index in [1.165, 1.54) is 16.8 Å². The molecular weight excluding hydrogens is 388 g/mol. The summed E-state index contributed by atoms with van der Waals surface area (Å²) in [4.78, 5) is 15.0. The highest BCUT2D eigenvalue weighted by atomic mass is 16.5. The number of hydrogen-bond donors (Lipinski definition) is 4. The summed E-state index contributed by atoms with van der Waals surface area (Å²) in [7, 11) is 0. The van der Waals surface area contributed by atoms with Crippen molar-refractivity contribution in [1.29, 1.82) is 0 Å². The first-order valence-corrected chi connectivity index (χ1v) is 9.47. The molecule has 0 aliphatic carbocycles. The molecule has 9 nitrogen and oxygen atoms in total. The molecule has 5 N–H and O–H groups in total. The smallest absolute Gasteiger partial charge is 0.351 e. The Bertz CT molecular complexity index is 999. The van der Waals surface area contributed by atoms with Gasteiger partial charge in [0, 0.05) is 12.6 Å². The maximum Gasteiger partial charge on any atom is 0.351 e. The van der Waals surface area contributed by atoms with Crippen molar-refractivity contribution in [3.8, 4) is 11.5 Å². The highest BCUT2D eigenvalue weighted by Crippen LogP contribution is 2.40. The first-order valence-electron chi connectivity index (χ1n) is 9.47. The van der Waals surface area contributed by atoms with Gasteiger partial charge in [-0.15, -0.1) is 0 Å². The molecule has 5 rings (SSSR count). The third-order valence-electron chi connectivity index (χ3n) is 4.81. The number of fused-ring (bicyclic) bond motifs is 2. The Labute approximate surface area is 172 Å². The maximum atomic E-state index is 11.5. The fourth-order valence-corrected chi connectivity index (χ4v) is 3.28. The zero-order valence-corrected chi connectivity index (χ0v) is 16.0. The second kappa shape index (κ2) is 8.54. The lowest BCUT2D eigenvalue weighted by Gasteiger charge is -2.20. The van der Waals surface area contributed by atoms with Gasteiger partial charge in [0.2, 0.25) is 0 Å². The van der Waals surface area contributed by atoms with Gasteiger partial charge in [-0.1, -0.05) is 24.3 Å². The summed E-state index contributed by atoms with van der Waals surface area (Å²) in [6, 6.07) is 17.3. The minimum absolute atomic E-state index is 0.138. The minimum atomic E-state index is -0.778. The Kier molecular flexibility index (Phi) is 5.66. The van der Waals surface area contributed by atoms with Gasteiger partial charge in [-0.3, -0.25) is 4.57 Å². The SMILES string of the molecule is Nc1ccn([C@H]2C[C@H](O)[C@@H](CO)O2)c(=O)n1.c1ccc2c(c1)Nc1ccccc1O2. The van der Waals surface area contributed by atoms with Crippen molar-refractivity contribution in [2.45, 2.75) is 24.9 Å². The Hall–Kier alpha value is -3.40. The number of rotatable bonds is 2. The lowest BCUT2D eigenvalue weighted by Crippen LogP contribution is -2.27. The lowest BCUT2D eigenvalue weighted by atomic mass is 10.2. The van der Waals surface area contributed by atoms with Crippen LogP contribution in [0.5, 0.6) is 11.5 Å². The van der Waals surface area contributed by atoms with Crippen LogP contribution >= 0.6 is 0 Å². The Morgan fingerprint density at radius 1 is 1.10 bits per heavy atom. The molecule has 0 bridgehead atoms. The van der Waals surface area contributed by atoms with Crippen molar-refractivity contribution in [3.05, 3.63) is 71.3 Å². The predicted molar refractivity (Wildman–Crippen MR) is 111 cm³/mol. The molecule has 2 aromatic carbocycles. The van der Waals surface area contributed by atoms with Crippen LogP contribution in [0.2, 0.25) is 0 Å². The van der Waals surface area contributed by atoms with Gasteiger partial charge in [-0.2, -0.15) is 4.98 Å². The molecule has 3 heterocycles. The van der Waals surface area contributed by atoms with Crippen molar-refractivity contribution in [2.75, 3.05) is 17.7 Å². The predicted octanol–water partition coefficient (Wildman–Crippen LogP) is 2.00. The lowest BCUT2D eigenvalue weighted by molar-refractivity contribution is -0.0458. The molecule has 0 unspecified atom stereocenters. The normalized spacial score (nSPS) is 21.3. The van der Waals surface area contributed by atoms with E-state index in [0.29, 0.717) is 0 Å².